The number of esters is 1. The van der Waals surface area contributed by atoms with Gasteiger partial charge in [-0.3, -0.25) is 4.79 Å². The summed E-state index contributed by atoms with van der Waals surface area (Å²) in [6.07, 6.45) is -0.279. The van der Waals surface area contributed by atoms with Crippen LogP contribution in [0, 0.1) is 6.92 Å². The molecule has 1 amide bonds. The summed E-state index contributed by atoms with van der Waals surface area (Å²) in [6.45, 7) is 7.10. The van der Waals surface area contributed by atoms with E-state index in [1.54, 1.807) is 26.8 Å². The molecule has 0 saturated carbocycles. The van der Waals surface area contributed by atoms with Crippen LogP contribution in [0.1, 0.15) is 43.9 Å². The molecule has 1 heterocycles. The number of carbonyl (C=O) groups is 2. The molecule has 0 radical (unpaired) electrons. The summed E-state index contributed by atoms with van der Waals surface area (Å²) >= 11 is 6.34. The number of aryl methyl sites for hydroxylation is 1. The van der Waals surface area contributed by atoms with Crippen LogP contribution < -0.4 is 15.7 Å². The van der Waals surface area contributed by atoms with Crippen molar-refractivity contribution in [2.24, 2.45) is 0 Å². The Morgan fingerprint density at radius 1 is 1.12 bits per heavy atom. The average molecular weight is 472 g/mol. The lowest BCUT2D eigenvalue weighted by Crippen LogP contribution is -2.34. The molecule has 0 unspecified atom stereocenters. The van der Waals surface area contributed by atoms with Gasteiger partial charge in [0.15, 0.2) is 5.75 Å². The second-order valence-electron chi connectivity index (χ2n) is 8.59. The minimum absolute atomic E-state index is 0.0377. The van der Waals surface area contributed by atoms with Gasteiger partial charge in [-0.05, 0) is 44.9 Å². The predicted molar refractivity (Wildman–Crippen MR) is 126 cm³/mol. The fraction of sp³-hybridized carbons (Fsp3) is 0.320. The van der Waals surface area contributed by atoms with Gasteiger partial charge in [0.05, 0.1) is 11.4 Å². The SMILES string of the molecule is Cc1c(Cc2ccccc2)c(=O)oc2cc(OC(=O)CCNC(=O)OC(C)(C)C)c(Cl)cc12. The number of carbonyl (C=O) groups excluding carboxylic acids is 2. The van der Waals surface area contributed by atoms with Crippen molar-refractivity contribution in [1.82, 2.24) is 5.32 Å². The number of fused-ring (bicyclic) bond motifs is 1. The number of nitrogens with one attached hydrogen (secondary N) is 1. The van der Waals surface area contributed by atoms with Crippen LogP contribution in [0.4, 0.5) is 4.79 Å². The highest BCUT2D eigenvalue weighted by molar-refractivity contribution is 6.33. The summed E-state index contributed by atoms with van der Waals surface area (Å²) in [5.41, 5.74) is 1.48. The van der Waals surface area contributed by atoms with E-state index in [0.29, 0.717) is 17.4 Å². The van der Waals surface area contributed by atoms with Gasteiger partial charge in [-0.15, -0.1) is 0 Å². The Labute approximate surface area is 196 Å². The van der Waals surface area contributed by atoms with Crippen molar-refractivity contribution in [3.8, 4) is 5.75 Å². The summed E-state index contributed by atoms with van der Waals surface area (Å²) in [7, 11) is 0. The summed E-state index contributed by atoms with van der Waals surface area (Å²) < 4.78 is 15.9. The first-order valence-electron chi connectivity index (χ1n) is 10.5. The third-order valence-corrected chi connectivity index (χ3v) is 5.08. The molecule has 8 heteroatoms. The van der Waals surface area contributed by atoms with Gasteiger partial charge < -0.3 is 19.2 Å². The maximum Gasteiger partial charge on any atom is 0.407 e. The van der Waals surface area contributed by atoms with Crippen molar-refractivity contribution in [3.05, 3.63) is 74.6 Å². The molecule has 2 aromatic carbocycles. The van der Waals surface area contributed by atoms with Crippen LogP contribution in [0.15, 0.2) is 51.7 Å². The second-order valence-corrected chi connectivity index (χ2v) is 8.99. The molecule has 1 aromatic heterocycles. The third-order valence-electron chi connectivity index (χ3n) is 4.78. The van der Waals surface area contributed by atoms with Crippen LogP contribution in [-0.2, 0) is 16.0 Å². The fourth-order valence-electron chi connectivity index (χ4n) is 3.23. The van der Waals surface area contributed by atoms with Crippen LogP contribution in [0.5, 0.6) is 5.75 Å². The van der Waals surface area contributed by atoms with E-state index in [2.05, 4.69) is 5.32 Å². The van der Waals surface area contributed by atoms with Gasteiger partial charge in [-0.25, -0.2) is 9.59 Å². The minimum atomic E-state index is -0.633. The van der Waals surface area contributed by atoms with Gasteiger partial charge in [0.25, 0.3) is 0 Å². The largest absolute Gasteiger partial charge is 0.444 e. The molecule has 33 heavy (non-hydrogen) atoms. The summed E-state index contributed by atoms with van der Waals surface area (Å²) in [4.78, 5) is 36.5. The summed E-state index contributed by atoms with van der Waals surface area (Å²) in [5.74, 6) is -0.531. The van der Waals surface area contributed by atoms with Gasteiger partial charge in [-0.2, -0.15) is 0 Å². The first-order chi connectivity index (χ1) is 15.5. The summed E-state index contributed by atoms with van der Waals surface area (Å²) in [5, 5.41) is 3.36. The predicted octanol–water partition coefficient (Wildman–Crippen LogP) is 5.17. The lowest BCUT2D eigenvalue weighted by molar-refractivity contribution is -0.134. The number of benzene rings is 2. The van der Waals surface area contributed by atoms with Crippen LogP contribution in [0.25, 0.3) is 11.0 Å². The van der Waals surface area contributed by atoms with E-state index in [1.807, 2.05) is 37.3 Å². The number of amides is 1. The molecule has 0 aliphatic heterocycles. The number of rotatable bonds is 6. The number of halogens is 1. The Kier molecular flexibility index (Phi) is 7.43. The molecule has 7 nitrogen and oxygen atoms in total. The van der Waals surface area contributed by atoms with E-state index in [0.717, 1.165) is 11.1 Å². The lowest BCUT2D eigenvalue weighted by Gasteiger charge is -2.19. The zero-order valence-corrected chi connectivity index (χ0v) is 19.7. The Balaban J connectivity index is 1.73. The molecular formula is C25H26ClNO6. The minimum Gasteiger partial charge on any atom is -0.444 e. The van der Waals surface area contributed by atoms with Gasteiger partial charge in [0.1, 0.15) is 11.2 Å². The maximum atomic E-state index is 12.6. The zero-order chi connectivity index (χ0) is 24.2. The molecule has 0 fully saturated rings. The molecule has 0 saturated heterocycles. The first kappa shape index (κ1) is 24.3. The Morgan fingerprint density at radius 3 is 2.48 bits per heavy atom. The molecule has 0 aliphatic rings. The molecule has 0 aliphatic carbocycles. The molecule has 0 atom stereocenters. The van der Waals surface area contributed by atoms with E-state index >= 15 is 0 Å². The van der Waals surface area contributed by atoms with Crippen LogP contribution >= 0.6 is 11.6 Å². The smallest absolute Gasteiger partial charge is 0.407 e. The van der Waals surface area contributed by atoms with Crippen LogP contribution in [-0.4, -0.2) is 24.2 Å². The van der Waals surface area contributed by atoms with E-state index in [4.69, 9.17) is 25.5 Å². The van der Waals surface area contributed by atoms with E-state index in [-0.39, 0.29) is 29.3 Å². The highest BCUT2D eigenvalue weighted by Crippen LogP contribution is 2.32. The highest BCUT2D eigenvalue weighted by atomic mass is 35.5. The molecule has 3 aromatic rings. The van der Waals surface area contributed by atoms with Crippen molar-refractivity contribution < 1.29 is 23.5 Å². The third kappa shape index (κ3) is 6.58. The monoisotopic (exact) mass is 471 g/mol. The van der Waals surface area contributed by atoms with Gasteiger partial charge in [0.2, 0.25) is 0 Å². The van der Waals surface area contributed by atoms with Crippen molar-refractivity contribution in [2.75, 3.05) is 6.54 Å². The van der Waals surface area contributed by atoms with Crippen molar-refractivity contribution >= 4 is 34.6 Å². The number of ether oxygens (including phenoxy) is 2. The average Bonchev–Trinajstić information content (AvgIpc) is 2.72. The van der Waals surface area contributed by atoms with E-state index < -0.39 is 23.3 Å². The lowest BCUT2D eigenvalue weighted by atomic mass is 9.99. The van der Waals surface area contributed by atoms with Gasteiger partial charge in [0, 0.05) is 30.0 Å². The molecule has 3 rings (SSSR count). The van der Waals surface area contributed by atoms with E-state index in [9.17, 15) is 14.4 Å². The van der Waals surface area contributed by atoms with Crippen LogP contribution in [0.2, 0.25) is 5.02 Å². The first-order valence-corrected chi connectivity index (χ1v) is 10.9. The van der Waals surface area contributed by atoms with Crippen LogP contribution in [0.3, 0.4) is 0 Å². The Hall–Kier alpha value is -3.32. The molecule has 0 spiro atoms. The van der Waals surface area contributed by atoms with E-state index in [1.165, 1.54) is 6.07 Å². The number of alkyl carbamates (subject to hydrolysis) is 1. The Bertz CT molecular complexity index is 1230. The Morgan fingerprint density at radius 2 is 1.82 bits per heavy atom. The molecule has 174 valence electrons. The number of hydrogen-bond acceptors (Lipinski definition) is 6. The summed E-state index contributed by atoms with van der Waals surface area (Å²) in [6, 6.07) is 12.7. The quantitative estimate of drug-likeness (QED) is 0.303. The molecule has 1 N–H and O–H groups in total. The molecular weight excluding hydrogens is 446 g/mol. The van der Waals surface area contributed by atoms with Crippen molar-refractivity contribution in [2.45, 2.75) is 46.1 Å². The van der Waals surface area contributed by atoms with Gasteiger partial charge >= 0.3 is 17.7 Å². The zero-order valence-electron chi connectivity index (χ0n) is 19.0. The standard InChI is InChI=1S/C25H26ClNO6/c1-15-17-13-19(26)21(31-22(28)10-11-27-24(30)33-25(2,3)4)14-20(17)32-23(29)18(15)12-16-8-6-5-7-9-16/h5-9,13-14H,10-12H2,1-4H3,(H,27,30). The normalized spacial score (nSPS) is 11.3. The van der Waals surface area contributed by atoms with Gasteiger partial charge in [-0.1, -0.05) is 41.9 Å². The van der Waals surface area contributed by atoms with Crippen molar-refractivity contribution in [1.29, 1.82) is 0 Å². The topological polar surface area (TPSA) is 94.8 Å². The maximum absolute atomic E-state index is 12.6. The second kappa shape index (κ2) is 10.1. The fourth-order valence-corrected chi connectivity index (χ4v) is 3.43. The number of hydrogen-bond donors (Lipinski definition) is 1. The van der Waals surface area contributed by atoms with Crippen molar-refractivity contribution in [3.63, 3.8) is 0 Å². The molecule has 0 bridgehead atoms. The highest BCUT2D eigenvalue weighted by Gasteiger charge is 2.18.